The highest BCUT2D eigenvalue weighted by Gasteiger charge is 2.47. The molecule has 0 atom stereocenters. The molecule has 4 aromatic heterocycles. The van der Waals surface area contributed by atoms with Crippen molar-refractivity contribution in [1.82, 2.24) is 24.9 Å². The summed E-state index contributed by atoms with van der Waals surface area (Å²) in [5, 5.41) is 17.5. The van der Waals surface area contributed by atoms with Crippen LogP contribution in [0.25, 0.3) is 21.5 Å². The average molecular weight is 583 g/mol. The Morgan fingerprint density at radius 1 is 1.26 bits per heavy atom. The van der Waals surface area contributed by atoms with Gasteiger partial charge in [0.25, 0.3) is 5.91 Å². The second-order valence-corrected chi connectivity index (χ2v) is 11.3. The molecule has 0 aromatic carbocycles. The molecule has 0 aliphatic carbocycles. The first-order valence-electron chi connectivity index (χ1n) is 13.5. The molecule has 0 saturated carbocycles. The van der Waals surface area contributed by atoms with E-state index in [0.29, 0.717) is 48.2 Å². The van der Waals surface area contributed by atoms with Gasteiger partial charge in [-0.15, -0.1) is 0 Å². The number of hydrogen-bond donors (Lipinski definition) is 1. The van der Waals surface area contributed by atoms with Crippen molar-refractivity contribution in [2.75, 3.05) is 37.8 Å². The van der Waals surface area contributed by atoms with Gasteiger partial charge in [0.2, 0.25) is 0 Å². The minimum absolute atomic E-state index is 0.203. The molecule has 2 fully saturated rings. The number of halogens is 1. The second kappa shape index (κ2) is 10.9. The maximum absolute atomic E-state index is 12.8. The van der Waals surface area contributed by atoms with Crippen LogP contribution in [-0.2, 0) is 4.74 Å². The van der Waals surface area contributed by atoms with Crippen molar-refractivity contribution in [2.24, 2.45) is 0 Å². The van der Waals surface area contributed by atoms with Gasteiger partial charge in [-0.2, -0.15) is 10.4 Å². The highest BCUT2D eigenvalue weighted by molar-refractivity contribution is 6.33. The maximum atomic E-state index is 12.8. The molecule has 0 spiro atoms. The Hall–Kier alpha value is -4.71. The first kappa shape index (κ1) is 27.5. The van der Waals surface area contributed by atoms with Crippen molar-refractivity contribution in [3.63, 3.8) is 0 Å². The number of ether oxygens (including phenoxy) is 2. The number of carbonyl (C=O) groups excluding carboxylic acids is 1. The molecule has 12 heteroatoms. The summed E-state index contributed by atoms with van der Waals surface area (Å²) in [4.78, 5) is 27.5. The van der Waals surface area contributed by atoms with E-state index in [9.17, 15) is 10.1 Å². The van der Waals surface area contributed by atoms with Crippen molar-refractivity contribution in [3.05, 3.63) is 82.8 Å². The lowest BCUT2D eigenvalue weighted by atomic mass is 9.89. The van der Waals surface area contributed by atoms with Crippen molar-refractivity contribution in [1.29, 1.82) is 5.26 Å². The fourth-order valence-corrected chi connectivity index (χ4v) is 5.39. The minimum atomic E-state index is -0.668. The molecule has 2 aliphatic heterocycles. The minimum Gasteiger partial charge on any atom is -0.483 e. The third-order valence-electron chi connectivity index (χ3n) is 7.83. The molecule has 0 radical (unpaired) electrons. The number of pyridine rings is 3. The molecule has 4 aromatic rings. The predicted octanol–water partition coefficient (Wildman–Crippen LogP) is 4.17. The second-order valence-electron chi connectivity index (χ2n) is 10.9. The van der Waals surface area contributed by atoms with Gasteiger partial charge >= 0.3 is 5.54 Å². The lowest BCUT2D eigenvalue weighted by Crippen LogP contribution is -2.53. The Morgan fingerprint density at radius 2 is 2.07 bits per heavy atom. The number of carbonyl (C=O) groups is 1. The summed E-state index contributed by atoms with van der Waals surface area (Å²) in [5.74, 6) is 1.08. The van der Waals surface area contributed by atoms with Gasteiger partial charge in [-0.1, -0.05) is 11.6 Å². The van der Waals surface area contributed by atoms with Gasteiger partial charge in [-0.3, -0.25) is 4.79 Å². The molecule has 1 amide bonds. The summed E-state index contributed by atoms with van der Waals surface area (Å²) in [7, 11) is 0. The van der Waals surface area contributed by atoms with E-state index in [0.717, 1.165) is 29.8 Å². The summed E-state index contributed by atoms with van der Waals surface area (Å²) < 4.78 is 12.9. The fourth-order valence-electron chi connectivity index (χ4n) is 5.19. The third kappa shape index (κ3) is 5.20. The summed E-state index contributed by atoms with van der Waals surface area (Å²) in [5.41, 5.74) is 1.82. The van der Waals surface area contributed by atoms with Gasteiger partial charge in [-0.05, 0) is 50.1 Å². The van der Waals surface area contributed by atoms with Crippen LogP contribution in [0.4, 0.5) is 5.82 Å². The topological polar surface area (TPSA) is 122 Å². The number of nitrogens with one attached hydrogen (secondary N) is 1. The molecule has 212 valence electrons. The van der Waals surface area contributed by atoms with Crippen LogP contribution in [-0.4, -0.2) is 69.5 Å². The third-order valence-corrected chi connectivity index (χ3v) is 8.14. The zero-order valence-corrected chi connectivity index (χ0v) is 23.6. The van der Waals surface area contributed by atoms with Crippen LogP contribution in [0.1, 0.15) is 35.8 Å². The molecule has 1 N–H and O–H groups in total. The number of piperidine rings is 1. The number of hydrogen-bond acceptors (Lipinski definition) is 8. The quantitative estimate of drug-likeness (QED) is 0.322. The average Bonchev–Trinajstić information content (AvgIpc) is 3.40. The smallest absolute Gasteiger partial charge is 0.311 e. The molecule has 2 aliphatic rings. The molecular formula is C30H27ClN8O3. The van der Waals surface area contributed by atoms with Gasteiger partial charge in [0.15, 0.2) is 6.61 Å². The Morgan fingerprint density at radius 3 is 2.71 bits per heavy atom. The predicted molar refractivity (Wildman–Crippen MR) is 155 cm³/mol. The Labute approximate surface area is 247 Å². The van der Waals surface area contributed by atoms with Crippen LogP contribution in [0.2, 0.25) is 5.02 Å². The van der Waals surface area contributed by atoms with E-state index < -0.39 is 11.1 Å². The fraction of sp³-hybridized carbons (Fsp3) is 0.333. The van der Waals surface area contributed by atoms with Crippen molar-refractivity contribution < 1.29 is 14.3 Å². The molecule has 6 heterocycles. The number of nitrogens with zero attached hydrogens (tertiary/aromatic N) is 7. The highest BCUT2D eigenvalue weighted by Crippen LogP contribution is 2.33. The van der Waals surface area contributed by atoms with Gasteiger partial charge in [0.05, 0.1) is 28.5 Å². The van der Waals surface area contributed by atoms with Crippen LogP contribution >= 0.6 is 11.6 Å². The number of rotatable bonds is 7. The van der Waals surface area contributed by atoms with Gasteiger partial charge < -0.3 is 24.5 Å². The van der Waals surface area contributed by atoms with E-state index in [1.165, 1.54) is 6.20 Å². The lowest BCUT2D eigenvalue weighted by molar-refractivity contribution is -0.0515. The molecule has 0 unspecified atom stereocenters. The molecule has 11 nitrogen and oxygen atoms in total. The van der Waals surface area contributed by atoms with E-state index in [2.05, 4.69) is 31.2 Å². The molecular weight excluding hydrogens is 556 g/mol. The SMILES string of the molecule is [C-]#[N+]C1(COc2cc(-c3ccc(N4CCC(C)(NC(=O)c5ncccc5Cl)CC4)nc3)c3c(C#N)cnn3c2)COC1. The van der Waals surface area contributed by atoms with E-state index in [1.54, 1.807) is 35.2 Å². The normalized spacial score (nSPS) is 17.1. The maximum Gasteiger partial charge on any atom is 0.311 e. The number of nitriles is 1. The Balaban J connectivity index is 1.18. The van der Waals surface area contributed by atoms with E-state index in [1.807, 2.05) is 25.1 Å². The number of aromatic nitrogens is 4. The van der Waals surface area contributed by atoms with Gasteiger partial charge in [-0.25, -0.2) is 21.1 Å². The standard InChI is InChI=1S/C30H27ClN8O3/c1-29(37-28(40)26-24(31)4-3-9-34-26)7-10-38(11-8-29)25-6-5-20(14-35-25)23-12-22(42-19-30(33-2)17-41-18-30)16-39-27(23)21(13-32)15-36-39/h3-6,9,12,14-16H,7-8,10-11,17-19H2,1H3,(H,37,40). The molecule has 2 saturated heterocycles. The van der Waals surface area contributed by atoms with E-state index in [4.69, 9.17) is 32.6 Å². The highest BCUT2D eigenvalue weighted by atomic mass is 35.5. The number of fused-ring (bicyclic) bond motifs is 1. The Bertz CT molecular complexity index is 1730. The van der Waals surface area contributed by atoms with Crippen molar-refractivity contribution >= 4 is 28.8 Å². The number of anilines is 1. The monoisotopic (exact) mass is 582 g/mol. The van der Waals surface area contributed by atoms with Crippen LogP contribution in [0, 0.1) is 17.9 Å². The van der Waals surface area contributed by atoms with E-state index >= 15 is 0 Å². The summed E-state index contributed by atoms with van der Waals surface area (Å²) in [6, 6.07) is 11.3. The van der Waals surface area contributed by atoms with Gasteiger partial charge in [0, 0.05) is 42.1 Å². The largest absolute Gasteiger partial charge is 0.483 e. The zero-order valence-electron chi connectivity index (χ0n) is 22.9. The van der Waals surface area contributed by atoms with Crippen LogP contribution in [0.5, 0.6) is 5.75 Å². The molecule has 6 rings (SSSR count). The Kier molecular flexibility index (Phi) is 7.15. The molecule has 0 bridgehead atoms. The summed E-state index contributed by atoms with van der Waals surface area (Å²) in [6.45, 7) is 11.8. The first-order chi connectivity index (χ1) is 20.3. The first-order valence-corrected chi connectivity index (χ1v) is 13.8. The van der Waals surface area contributed by atoms with Crippen molar-refractivity contribution in [3.8, 4) is 22.9 Å². The van der Waals surface area contributed by atoms with Gasteiger partial charge in [0.1, 0.15) is 36.5 Å². The van der Waals surface area contributed by atoms with Crippen LogP contribution < -0.4 is 15.0 Å². The van der Waals surface area contributed by atoms with E-state index in [-0.39, 0.29) is 18.2 Å². The van der Waals surface area contributed by atoms with Crippen LogP contribution in [0.15, 0.2) is 55.1 Å². The van der Waals surface area contributed by atoms with Crippen molar-refractivity contribution in [2.45, 2.75) is 30.8 Å². The summed E-state index contributed by atoms with van der Waals surface area (Å²) in [6.07, 6.45) is 8.02. The summed E-state index contributed by atoms with van der Waals surface area (Å²) >= 11 is 6.16. The lowest BCUT2D eigenvalue weighted by Gasteiger charge is -2.40. The molecule has 42 heavy (non-hydrogen) atoms. The van der Waals surface area contributed by atoms with Crippen LogP contribution in [0.3, 0.4) is 0 Å². The zero-order chi connectivity index (χ0) is 29.3. The number of amides is 1.